The summed E-state index contributed by atoms with van der Waals surface area (Å²) in [6.45, 7) is 3.57. The van der Waals surface area contributed by atoms with Crippen molar-refractivity contribution >= 4 is 0 Å². The summed E-state index contributed by atoms with van der Waals surface area (Å²) in [6.07, 6.45) is 9.40. The van der Waals surface area contributed by atoms with Crippen molar-refractivity contribution in [1.29, 1.82) is 0 Å². The molecular weight excluding hydrogens is 212 g/mol. The van der Waals surface area contributed by atoms with Gasteiger partial charge in [0.05, 0.1) is 12.2 Å². The molecule has 2 heterocycles. The van der Waals surface area contributed by atoms with Crippen LogP contribution in [0.25, 0.3) is 0 Å². The number of hydrogen-bond donors (Lipinski definition) is 1. The molecule has 0 aromatic carbocycles. The van der Waals surface area contributed by atoms with Crippen LogP contribution in [0.5, 0.6) is 0 Å². The standard InChI is InChI=1S/C14H26N2O/c1-15-14(11-4-2-3-5-11)10-16-8-12-6-7-13(9-16)17-12/h11-15H,2-10H2,1H3. The van der Waals surface area contributed by atoms with Crippen LogP contribution in [0.3, 0.4) is 0 Å². The second kappa shape index (κ2) is 5.25. The zero-order chi connectivity index (χ0) is 11.7. The van der Waals surface area contributed by atoms with E-state index in [1.54, 1.807) is 0 Å². The van der Waals surface area contributed by atoms with Crippen LogP contribution >= 0.6 is 0 Å². The quantitative estimate of drug-likeness (QED) is 0.805. The Labute approximate surface area is 105 Å². The van der Waals surface area contributed by atoms with Crippen molar-refractivity contribution in [3.05, 3.63) is 0 Å². The highest BCUT2D eigenvalue weighted by Gasteiger charge is 2.35. The van der Waals surface area contributed by atoms with Crippen molar-refractivity contribution in [3.8, 4) is 0 Å². The molecule has 3 heteroatoms. The minimum absolute atomic E-state index is 0.537. The van der Waals surface area contributed by atoms with E-state index in [4.69, 9.17) is 4.74 Å². The molecule has 1 aliphatic carbocycles. The van der Waals surface area contributed by atoms with Crippen LogP contribution in [0.2, 0.25) is 0 Å². The molecule has 3 rings (SSSR count). The first kappa shape index (κ1) is 11.9. The highest BCUT2D eigenvalue weighted by molar-refractivity contribution is 4.89. The summed E-state index contributed by atoms with van der Waals surface area (Å²) in [5, 5.41) is 3.56. The first-order chi connectivity index (χ1) is 8.35. The summed E-state index contributed by atoms with van der Waals surface area (Å²) >= 11 is 0. The number of ether oxygens (including phenoxy) is 1. The van der Waals surface area contributed by atoms with E-state index < -0.39 is 0 Å². The fourth-order valence-electron chi connectivity index (χ4n) is 3.96. The van der Waals surface area contributed by atoms with Crippen molar-refractivity contribution < 1.29 is 4.74 Å². The summed E-state index contributed by atoms with van der Waals surface area (Å²) in [5.74, 6) is 0.917. The Bertz CT molecular complexity index is 241. The average Bonchev–Trinajstić information content (AvgIpc) is 2.96. The van der Waals surface area contributed by atoms with Crippen LogP contribution in [0, 0.1) is 5.92 Å². The van der Waals surface area contributed by atoms with E-state index in [1.165, 1.54) is 58.2 Å². The van der Waals surface area contributed by atoms with Crippen molar-refractivity contribution in [1.82, 2.24) is 10.2 Å². The smallest absolute Gasteiger partial charge is 0.0707 e. The zero-order valence-electron chi connectivity index (χ0n) is 11.0. The molecule has 0 spiro atoms. The number of nitrogens with one attached hydrogen (secondary N) is 1. The van der Waals surface area contributed by atoms with Gasteiger partial charge >= 0.3 is 0 Å². The summed E-state index contributed by atoms with van der Waals surface area (Å²) in [7, 11) is 2.14. The second-order valence-electron chi connectivity index (χ2n) is 6.12. The number of nitrogens with zero attached hydrogens (tertiary/aromatic N) is 1. The first-order valence-electron chi connectivity index (χ1n) is 7.40. The number of morpholine rings is 1. The summed E-state index contributed by atoms with van der Waals surface area (Å²) in [4.78, 5) is 2.64. The Morgan fingerprint density at radius 1 is 1.12 bits per heavy atom. The Balaban J connectivity index is 1.54. The Hall–Kier alpha value is -0.120. The third kappa shape index (κ3) is 2.67. The zero-order valence-corrected chi connectivity index (χ0v) is 11.0. The van der Waals surface area contributed by atoms with Gasteiger partial charge < -0.3 is 10.1 Å². The van der Waals surface area contributed by atoms with E-state index in [2.05, 4.69) is 17.3 Å². The molecule has 3 atom stereocenters. The van der Waals surface area contributed by atoms with Gasteiger partial charge in [0.15, 0.2) is 0 Å². The number of hydrogen-bond acceptors (Lipinski definition) is 3. The molecule has 3 aliphatic rings. The molecule has 3 nitrogen and oxygen atoms in total. The maximum absolute atomic E-state index is 5.91. The Morgan fingerprint density at radius 3 is 2.35 bits per heavy atom. The van der Waals surface area contributed by atoms with Gasteiger partial charge in [-0.1, -0.05) is 12.8 Å². The lowest BCUT2D eigenvalue weighted by molar-refractivity contribution is -0.0420. The summed E-state index contributed by atoms with van der Waals surface area (Å²) < 4.78 is 5.91. The minimum Gasteiger partial charge on any atom is -0.372 e. The molecule has 0 radical (unpaired) electrons. The summed E-state index contributed by atoms with van der Waals surface area (Å²) in [5.41, 5.74) is 0. The molecule has 0 aromatic heterocycles. The maximum Gasteiger partial charge on any atom is 0.0707 e. The average molecular weight is 238 g/mol. The third-order valence-corrected chi connectivity index (χ3v) is 4.91. The normalized spacial score (nSPS) is 36.5. The van der Waals surface area contributed by atoms with Gasteiger partial charge in [-0.15, -0.1) is 0 Å². The van der Waals surface area contributed by atoms with E-state index in [1.807, 2.05) is 0 Å². The topological polar surface area (TPSA) is 24.5 Å². The molecule has 98 valence electrons. The number of fused-ring (bicyclic) bond motifs is 2. The van der Waals surface area contributed by atoms with Crippen molar-refractivity contribution in [2.24, 2.45) is 5.92 Å². The van der Waals surface area contributed by atoms with Crippen molar-refractivity contribution in [3.63, 3.8) is 0 Å². The van der Waals surface area contributed by atoms with Gasteiger partial charge in [-0.2, -0.15) is 0 Å². The third-order valence-electron chi connectivity index (χ3n) is 4.91. The predicted molar refractivity (Wildman–Crippen MR) is 69.1 cm³/mol. The van der Waals surface area contributed by atoms with Crippen molar-refractivity contribution in [2.75, 3.05) is 26.7 Å². The maximum atomic E-state index is 5.91. The lowest BCUT2D eigenvalue weighted by Gasteiger charge is -2.36. The van der Waals surface area contributed by atoms with Gasteiger partial charge in [-0.25, -0.2) is 0 Å². The van der Waals surface area contributed by atoms with E-state index in [9.17, 15) is 0 Å². The fourth-order valence-corrected chi connectivity index (χ4v) is 3.96. The van der Waals surface area contributed by atoms with Gasteiger partial charge in [0, 0.05) is 25.7 Å². The van der Waals surface area contributed by atoms with Crippen LogP contribution < -0.4 is 5.32 Å². The van der Waals surface area contributed by atoms with Gasteiger partial charge in [0.2, 0.25) is 0 Å². The van der Waals surface area contributed by atoms with Crippen LogP contribution in [0.4, 0.5) is 0 Å². The van der Waals surface area contributed by atoms with Crippen LogP contribution in [0.15, 0.2) is 0 Å². The molecule has 0 amide bonds. The molecule has 17 heavy (non-hydrogen) atoms. The van der Waals surface area contributed by atoms with Gasteiger partial charge in [0.1, 0.15) is 0 Å². The SMILES string of the molecule is CNC(CN1CC2CCC(C1)O2)C1CCCC1. The summed E-state index contributed by atoms with van der Waals surface area (Å²) in [6, 6.07) is 0.704. The Morgan fingerprint density at radius 2 is 1.76 bits per heavy atom. The monoisotopic (exact) mass is 238 g/mol. The molecule has 1 N–H and O–H groups in total. The first-order valence-corrected chi connectivity index (χ1v) is 7.40. The molecule has 1 saturated carbocycles. The number of likely N-dealkylation sites (tertiary alicyclic amines) is 1. The molecule has 0 aromatic rings. The minimum atomic E-state index is 0.537. The molecule has 2 aliphatic heterocycles. The van der Waals surface area contributed by atoms with E-state index in [0.717, 1.165) is 5.92 Å². The van der Waals surface area contributed by atoms with Crippen LogP contribution in [-0.4, -0.2) is 49.8 Å². The van der Waals surface area contributed by atoms with Gasteiger partial charge in [-0.05, 0) is 38.6 Å². The lowest BCUT2D eigenvalue weighted by Crippen LogP contribution is -2.50. The second-order valence-corrected chi connectivity index (χ2v) is 6.12. The van der Waals surface area contributed by atoms with Gasteiger partial charge in [-0.3, -0.25) is 4.90 Å². The largest absolute Gasteiger partial charge is 0.372 e. The number of rotatable bonds is 4. The van der Waals surface area contributed by atoms with E-state index in [0.29, 0.717) is 18.2 Å². The van der Waals surface area contributed by atoms with Crippen molar-refractivity contribution in [2.45, 2.75) is 56.8 Å². The molecule has 2 bridgehead atoms. The lowest BCUT2D eigenvalue weighted by atomic mass is 9.97. The highest BCUT2D eigenvalue weighted by Crippen LogP contribution is 2.30. The molecule has 3 fully saturated rings. The Kier molecular flexibility index (Phi) is 3.69. The number of likely N-dealkylation sites (N-methyl/N-ethyl adjacent to an activating group) is 1. The van der Waals surface area contributed by atoms with E-state index in [-0.39, 0.29) is 0 Å². The van der Waals surface area contributed by atoms with E-state index >= 15 is 0 Å². The molecule has 3 unspecified atom stereocenters. The van der Waals surface area contributed by atoms with Crippen LogP contribution in [-0.2, 0) is 4.74 Å². The predicted octanol–water partition coefficient (Wildman–Crippen LogP) is 1.63. The molecular formula is C14H26N2O. The highest BCUT2D eigenvalue weighted by atomic mass is 16.5. The fraction of sp³-hybridized carbons (Fsp3) is 1.00. The van der Waals surface area contributed by atoms with Gasteiger partial charge in [0.25, 0.3) is 0 Å². The molecule has 2 saturated heterocycles. The van der Waals surface area contributed by atoms with Crippen LogP contribution in [0.1, 0.15) is 38.5 Å².